The molecule has 0 saturated carbocycles. The zero-order chi connectivity index (χ0) is 20.4. The molecule has 2 aromatic rings. The molecule has 0 aromatic heterocycles. The average molecular weight is 384 g/mol. The summed E-state index contributed by atoms with van der Waals surface area (Å²) in [5.74, 6) is 0.362. The molecule has 0 saturated heterocycles. The summed E-state index contributed by atoms with van der Waals surface area (Å²) in [6, 6.07) is 14.3. The van der Waals surface area contributed by atoms with Crippen LogP contribution in [0.1, 0.15) is 43.0 Å². The second-order valence-corrected chi connectivity index (χ2v) is 6.42. The number of esters is 1. The van der Waals surface area contributed by atoms with Crippen LogP contribution in [0.3, 0.4) is 0 Å². The molecule has 0 fully saturated rings. The van der Waals surface area contributed by atoms with Gasteiger partial charge in [0.05, 0.1) is 18.9 Å². The number of nitrogens with zero attached hydrogens (tertiary/aromatic N) is 1. The SMILES string of the molecule is CCOC(=O)CCCCCOc1ccccc1N(C)C(=O)c1ccc(N)cc1. The van der Waals surface area contributed by atoms with Gasteiger partial charge in [0.1, 0.15) is 5.75 Å². The van der Waals surface area contributed by atoms with E-state index in [1.807, 2.05) is 24.3 Å². The van der Waals surface area contributed by atoms with Crippen LogP contribution in [0.25, 0.3) is 0 Å². The van der Waals surface area contributed by atoms with Crippen molar-refractivity contribution in [2.75, 3.05) is 30.9 Å². The summed E-state index contributed by atoms with van der Waals surface area (Å²) >= 11 is 0. The van der Waals surface area contributed by atoms with E-state index in [9.17, 15) is 9.59 Å². The van der Waals surface area contributed by atoms with Crippen LogP contribution in [-0.4, -0.2) is 32.1 Å². The third kappa shape index (κ3) is 6.30. The number of amides is 1. The van der Waals surface area contributed by atoms with Crippen molar-refractivity contribution in [2.24, 2.45) is 0 Å². The molecule has 150 valence electrons. The second-order valence-electron chi connectivity index (χ2n) is 6.42. The first-order valence-corrected chi connectivity index (χ1v) is 9.54. The van der Waals surface area contributed by atoms with E-state index in [2.05, 4.69) is 0 Å². The van der Waals surface area contributed by atoms with Crippen LogP contribution in [0.15, 0.2) is 48.5 Å². The van der Waals surface area contributed by atoms with Gasteiger partial charge < -0.3 is 20.1 Å². The predicted octanol–water partition coefficient (Wildman–Crippen LogP) is 4.05. The van der Waals surface area contributed by atoms with E-state index >= 15 is 0 Å². The fourth-order valence-electron chi connectivity index (χ4n) is 2.75. The van der Waals surface area contributed by atoms with Crippen LogP contribution in [0.4, 0.5) is 11.4 Å². The topological polar surface area (TPSA) is 81.9 Å². The number of anilines is 2. The summed E-state index contributed by atoms with van der Waals surface area (Å²) in [4.78, 5) is 25.6. The Kier molecular flexibility index (Phi) is 8.34. The number of benzene rings is 2. The molecule has 0 atom stereocenters. The van der Waals surface area contributed by atoms with Crippen molar-refractivity contribution in [2.45, 2.75) is 32.6 Å². The molecular formula is C22H28N2O4. The summed E-state index contributed by atoms with van der Waals surface area (Å²) in [6.45, 7) is 2.74. The van der Waals surface area contributed by atoms with Crippen LogP contribution in [0.5, 0.6) is 5.75 Å². The normalized spacial score (nSPS) is 10.4. The van der Waals surface area contributed by atoms with Crippen LogP contribution < -0.4 is 15.4 Å². The Morgan fingerprint density at radius 3 is 2.43 bits per heavy atom. The van der Waals surface area contributed by atoms with Gasteiger partial charge >= 0.3 is 5.97 Å². The first-order valence-electron chi connectivity index (χ1n) is 9.54. The summed E-state index contributed by atoms with van der Waals surface area (Å²) in [5, 5.41) is 0. The molecule has 0 unspecified atom stereocenters. The Balaban J connectivity index is 1.88. The number of nitrogen functional groups attached to an aromatic ring is 1. The van der Waals surface area contributed by atoms with Crippen molar-refractivity contribution < 1.29 is 19.1 Å². The lowest BCUT2D eigenvalue weighted by Gasteiger charge is -2.21. The standard InChI is InChI=1S/C22H28N2O4/c1-3-27-21(25)11-5-4-8-16-28-20-10-7-6-9-19(20)24(2)22(26)17-12-14-18(23)15-13-17/h6-7,9-10,12-15H,3-5,8,11,16,23H2,1-2H3. The van der Waals surface area contributed by atoms with Crippen LogP contribution >= 0.6 is 0 Å². The molecule has 0 aliphatic rings. The molecular weight excluding hydrogens is 356 g/mol. The molecule has 2 aromatic carbocycles. The lowest BCUT2D eigenvalue weighted by Crippen LogP contribution is -2.26. The lowest BCUT2D eigenvalue weighted by molar-refractivity contribution is -0.143. The quantitative estimate of drug-likeness (QED) is 0.380. The molecule has 0 aliphatic carbocycles. The molecule has 1 amide bonds. The monoisotopic (exact) mass is 384 g/mol. The van der Waals surface area contributed by atoms with Crippen molar-refractivity contribution in [1.29, 1.82) is 0 Å². The molecule has 28 heavy (non-hydrogen) atoms. The molecule has 0 heterocycles. The Hall–Kier alpha value is -3.02. The van der Waals surface area contributed by atoms with E-state index in [1.54, 1.807) is 43.1 Å². The highest BCUT2D eigenvalue weighted by Gasteiger charge is 2.17. The van der Waals surface area contributed by atoms with Crippen LogP contribution in [0.2, 0.25) is 0 Å². The number of ether oxygens (including phenoxy) is 2. The summed E-state index contributed by atoms with van der Waals surface area (Å²) < 4.78 is 10.8. The van der Waals surface area contributed by atoms with Gasteiger partial charge in [-0.05, 0) is 62.6 Å². The minimum Gasteiger partial charge on any atom is -0.491 e. The zero-order valence-electron chi connectivity index (χ0n) is 16.5. The van der Waals surface area contributed by atoms with Gasteiger partial charge in [0.15, 0.2) is 0 Å². The van der Waals surface area contributed by atoms with Gasteiger partial charge in [0, 0.05) is 24.7 Å². The molecule has 0 aliphatic heterocycles. The molecule has 2 N–H and O–H groups in total. The molecule has 6 nitrogen and oxygen atoms in total. The van der Waals surface area contributed by atoms with Crippen molar-refractivity contribution in [3.05, 3.63) is 54.1 Å². The summed E-state index contributed by atoms with van der Waals surface area (Å²) in [7, 11) is 1.72. The lowest BCUT2D eigenvalue weighted by atomic mass is 10.1. The maximum absolute atomic E-state index is 12.7. The van der Waals surface area contributed by atoms with Gasteiger partial charge in [-0.2, -0.15) is 0 Å². The molecule has 0 bridgehead atoms. The number of para-hydroxylation sites is 2. The Morgan fingerprint density at radius 1 is 1.00 bits per heavy atom. The second kappa shape index (κ2) is 11.0. The fraction of sp³-hybridized carbons (Fsp3) is 0.364. The van der Waals surface area contributed by atoms with Gasteiger partial charge in [0.2, 0.25) is 0 Å². The van der Waals surface area contributed by atoms with E-state index in [4.69, 9.17) is 15.2 Å². The highest BCUT2D eigenvalue weighted by atomic mass is 16.5. The van der Waals surface area contributed by atoms with E-state index in [0.29, 0.717) is 42.3 Å². The Labute approximate surface area is 166 Å². The third-order valence-corrected chi connectivity index (χ3v) is 4.28. The maximum atomic E-state index is 12.7. The summed E-state index contributed by atoms with van der Waals surface area (Å²) in [6.07, 6.45) is 2.91. The maximum Gasteiger partial charge on any atom is 0.305 e. The van der Waals surface area contributed by atoms with Gasteiger partial charge in [-0.15, -0.1) is 0 Å². The molecule has 6 heteroatoms. The van der Waals surface area contributed by atoms with Crippen molar-refractivity contribution in [1.82, 2.24) is 0 Å². The number of nitrogens with two attached hydrogens (primary N) is 1. The first kappa shape index (κ1) is 21.3. The zero-order valence-corrected chi connectivity index (χ0v) is 16.5. The highest BCUT2D eigenvalue weighted by Crippen LogP contribution is 2.28. The van der Waals surface area contributed by atoms with E-state index < -0.39 is 0 Å². The smallest absolute Gasteiger partial charge is 0.305 e. The minimum atomic E-state index is -0.156. The van der Waals surface area contributed by atoms with Crippen molar-refractivity contribution in [3.63, 3.8) is 0 Å². The average Bonchev–Trinajstić information content (AvgIpc) is 2.70. The Morgan fingerprint density at radius 2 is 1.71 bits per heavy atom. The first-order chi connectivity index (χ1) is 13.5. The van der Waals surface area contributed by atoms with Gasteiger partial charge in [-0.25, -0.2) is 0 Å². The number of rotatable bonds is 10. The van der Waals surface area contributed by atoms with Crippen LogP contribution in [-0.2, 0) is 9.53 Å². The van der Waals surface area contributed by atoms with Crippen molar-refractivity contribution in [3.8, 4) is 5.75 Å². The highest BCUT2D eigenvalue weighted by molar-refractivity contribution is 6.06. The summed E-state index contributed by atoms with van der Waals surface area (Å²) in [5.41, 5.74) is 7.57. The third-order valence-electron chi connectivity index (χ3n) is 4.28. The minimum absolute atomic E-state index is 0.134. The molecule has 0 spiro atoms. The largest absolute Gasteiger partial charge is 0.491 e. The van der Waals surface area contributed by atoms with Gasteiger partial charge in [-0.1, -0.05) is 12.1 Å². The van der Waals surface area contributed by atoms with E-state index in [1.165, 1.54) is 0 Å². The number of unbranched alkanes of at least 4 members (excludes halogenated alkanes) is 2. The number of carbonyl (C=O) groups excluding carboxylic acids is 2. The van der Waals surface area contributed by atoms with Gasteiger partial charge in [-0.3, -0.25) is 9.59 Å². The molecule has 2 rings (SSSR count). The Bertz CT molecular complexity index is 774. The van der Waals surface area contributed by atoms with Crippen LogP contribution in [0, 0.1) is 0 Å². The van der Waals surface area contributed by atoms with Crippen molar-refractivity contribution >= 4 is 23.3 Å². The number of hydrogen-bond donors (Lipinski definition) is 1. The number of hydrogen-bond acceptors (Lipinski definition) is 5. The van der Waals surface area contributed by atoms with Gasteiger partial charge in [0.25, 0.3) is 5.91 Å². The van der Waals surface area contributed by atoms with E-state index in [0.717, 1.165) is 19.3 Å². The fourth-order valence-corrected chi connectivity index (χ4v) is 2.75. The van der Waals surface area contributed by atoms with E-state index in [-0.39, 0.29) is 11.9 Å². The number of carbonyl (C=O) groups is 2. The molecule has 0 radical (unpaired) electrons. The predicted molar refractivity (Wildman–Crippen MR) is 111 cm³/mol.